The Morgan fingerprint density at radius 3 is 2.56 bits per heavy atom. The Hall–Kier alpha value is -3.08. The fourth-order valence-corrected chi connectivity index (χ4v) is 2.74. The molecule has 0 fully saturated rings. The van der Waals surface area contributed by atoms with Crippen molar-refractivity contribution in [2.45, 2.75) is 13.3 Å². The molecule has 128 valence electrons. The first-order valence-electron chi connectivity index (χ1n) is 8.01. The van der Waals surface area contributed by atoms with Crippen LogP contribution >= 0.6 is 0 Å². The normalized spacial score (nSPS) is 10.7. The molecule has 0 aliphatic heterocycles. The third-order valence-electron chi connectivity index (χ3n) is 4.03. The number of ether oxygens (including phenoxy) is 1. The predicted molar refractivity (Wildman–Crippen MR) is 97.4 cm³/mol. The maximum Gasteiger partial charge on any atom is 0.253 e. The highest BCUT2D eigenvalue weighted by Gasteiger charge is 2.14. The van der Waals surface area contributed by atoms with Crippen LogP contribution in [0.2, 0.25) is 0 Å². The third-order valence-corrected chi connectivity index (χ3v) is 4.03. The molecule has 0 radical (unpaired) electrons. The van der Waals surface area contributed by atoms with Crippen LogP contribution < -0.4 is 16.0 Å². The van der Waals surface area contributed by atoms with Gasteiger partial charge in [-0.2, -0.15) is 0 Å². The number of hydrogen-bond donors (Lipinski definition) is 1. The zero-order valence-corrected chi connectivity index (χ0v) is 14.1. The van der Waals surface area contributed by atoms with Gasteiger partial charge in [0.15, 0.2) is 0 Å². The van der Waals surface area contributed by atoms with Gasteiger partial charge in [-0.1, -0.05) is 13.0 Å². The van der Waals surface area contributed by atoms with Crippen molar-refractivity contribution >= 4 is 5.69 Å². The zero-order valence-electron chi connectivity index (χ0n) is 14.1. The van der Waals surface area contributed by atoms with Crippen molar-refractivity contribution in [1.29, 1.82) is 0 Å². The van der Waals surface area contributed by atoms with Crippen molar-refractivity contribution in [1.82, 2.24) is 4.57 Å². The van der Waals surface area contributed by atoms with Gasteiger partial charge in [0.2, 0.25) is 0 Å². The molecular formula is C20H19FN2O2. The van der Waals surface area contributed by atoms with E-state index in [0.29, 0.717) is 34.7 Å². The van der Waals surface area contributed by atoms with E-state index in [4.69, 9.17) is 10.5 Å². The number of aryl methyl sites for hydroxylation is 2. The van der Waals surface area contributed by atoms with Gasteiger partial charge in [-0.05, 0) is 48.9 Å². The number of hydrogen-bond acceptors (Lipinski definition) is 3. The van der Waals surface area contributed by atoms with Crippen LogP contribution in [0.3, 0.4) is 0 Å². The first kappa shape index (κ1) is 16.8. The highest BCUT2D eigenvalue weighted by Crippen LogP contribution is 2.37. The Labute approximate surface area is 145 Å². The van der Waals surface area contributed by atoms with Gasteiger partial charge in [0.25, 0.3) is 5.56 Å². The molecule has 0 spiro atoms. The summed E-state index contributed by atoms with van der Waals surface area (Å²) in [6.07, 6.45) is 2.37. The molecule has 2 N–H and O–H groups in total. The molecule has 0 saturated heterocycles. The Morgan fingerprint density at radius 2 is 1.88 bits per heavy atom. The lowest BCUT2D eigenvalue weighted by Gasteiger charge is -2.15. The molecule has 1 heterocycles. The molecule has 0 amide bonds. The average Bonchev–Trinajstić information content (AvgIpc) is 2.59. The van der Waals surface area contributed by atoms with Crippen molar-refractivity contribution in [2.24, 2.45) is 7.05 Å². The van der Waals surface area contributed by atoms with Gasteiger partial charge < -0.3 is 15.0 Å². The first-order chi connectivity index (χ1) is 12.0. The monoisotopic (exact) mass is 338 g/mol. The number of nitrogen functional groups attached to an aromatic ring is 1. The summed E-state index contributed by atoms with van der Waals surface area (Å²) in [4.78, 5) is 12.1. The largest absolute Gasteiger partial charge is 0.457 e. The minimum absolute atomic E-state index is 0.0262. The van der Waals surface area contributed by atoms with Crippen LogP contribution in [0, 0.1) is 5.82 Å². The molecule has 0 atom stereocenters. The minimum atomic E-state index is -0.328. The molecule has 0 bridgehead atoms. The maximum absolute atomic E-state index is 13.1. The first-order valence-corrected chi connectivity index (χ1v) is 8.01. The summed E-state index contributed by atoms with van der Waals surface area (Å²) in [6.45, 7) is 1.94. The Kier molecular flexibility index (Phi) is 4.57. The number of rotatable bonds is 4. The molecule has 3 rings (SSSR count). The fraction of sp³-hybridized carbons (Fsp3) is 0.150. The standard InChI is InChI=1S/C20H19FN2O2/c1-3-13-11-14(12-23(2)20(13)24)19-17(22)5-4-6-18(19)25-16-9-7-15(21)8-10-16/h4-12H,3,22H2,1-2H3. The lowest BCUT2D eigenvalue weighted by Crippen LogP contribution is -2.20. The fourth-order valence-electron chi connectivity index (χ4n) is 2.74. The van der Waals surface area contributed by atoms with Crippen LogP contribution in [0.25, 0.3) is 11.1 Å². The SMILES string of the molecule is CCc1cc(-c2c(N)cccc2Oc2ccc(F)cc2)cn(C)c1=O. The number of nitrogens with two attached hydrogens (primary N) is 1. The summed E-state index contributed by atoms with van der Waals surface area (Å²) < 4.78 is 20.5. The number of halogens is 1. The van der Waals surface area contributed by atoms with Crippen molar-refractivity contribution in [3.05, 3.63) is 76.5 Å². The average molecular weight is 338 g/mol. The van der Waals surface area contributed by atoms with Gasteiger partial charge in [0, 0.05) is 35.6 Å². The van der Waals surface area contributed by atoms with Crippen molar-refractivity contribution in [2.75, 3.05) is 5.73 Å². The number of nitrogens with zero attached hydrogens (tertiary/aromatic N) is 1. The molecule has 4 nitrogen and oxygen atoms in total. The molecule has 0 aliphatic rings. The van der Waals surface area contributed by atoms with Crippen LogP contribution in [-0.2, 0) is 13.5 Å². The summed E-state index contributed by atoms with van der Waals surface area (Å²) in [5.74, 6) is 0.729. The van der Waals surface area contributed by atoms with Crippen LogP contribution in [0.4, 0.5) is 10.1 Å². The van der Waals surface area contributed by atoms with E-state index >= 15 is 0 Å². The van der Waals surface area contributed by atoms with E-state index in [-0.39, 0.29) is 11.4 Å². The summed E-state index contributed by atoms with van der Waals surface area (Å²) in [5, 5.41) is 0. The highest BCUT2D eigenvalue weighted by atomic mass is 19.1. The van der Waals surface area contributed by atoms with E-state index < -0.39 is 0 Å². The minimum Gasteiger partial charge on any atom is -0.457 e. The highest BCUT2D eigenvalue weighted by molar-refractivity contribution is 5.82. The third kappa shape index (κ3) is 3.40. The summed E-state index contributed by atoms with van der Waals surface area (Å²) in [6, 6.07) is 13.0. The van der Waals surface area contributed by atoms with E-state index in [0.717, 1.165) is 5.56 Å². The maximum atomic E-state index is 13.1. The lowest BCUT2D eigenvalue weighted by molar-refractivity contribution is 0.482. The van der Waals surface area contributed by atoms with Gasteiger partial charge in [-0.15, -0.1) is 0 Å². The number of aromatic nitrogens is 1. The topological polar surface area (TPSA) is 57.2 Å². The van der Waals surface area contributed by atoms with E-state index in [9.17, 15) is 9.18 Å². The second-order valence-electron chi connectivity index (χ2n) is 5.80. The molecule has 2 aromatic carbocycles. The molecule has 0 saturated carbocycles. The van der Waals surface area contributed by atoms with Gasteiger partial charge in [0.1, 0.15) is 17.3 Å². The van der Waals surface area contributed by atoms with Crippen LogP contribution in [0.5, 0.6) is 11.5 Å². The van der Waals surface area contributed by atoms with Gasteiger partial charge >= 0.3 is 0 Å². The Bertz CT molecular complexity index is 962. The lowest BCUT2D eigenvalue weighted by atomic mass is 10.0. The van der Waals surface area contributed by atoms with Crippen molar-refractivity contribution in [3.63, 3.8) is 0 Å². The Balaban J connectivity index is 2.12. The van der Waals surface area contributed by atoms with Crippen LogP contribution in [0.1, 0.15) is 12.5 Å². The predicted octanol–water partition coefficient (Wildman–Crippen LogP) is 4.13. The van der Waals surface area contributed by atoms with Crippen molar-refractivity contribution < 1.29 is 9.13 Å². The van der Waals surface area contributed by atoms with Crippen LogP contribution in [0.15, 0.2) is 59.5 Å². The molecule has 0 aliphatic carbocycles. The quantitative estimate of drug-likeness (QED) is 0.728. The number of pyridine rings is 1. The summed E-state index contributed by atoms with van der Waals surface area (Å²) in [7, 11) is 1.71. The number of benzene rings is 2. The van der Waals surface area contributed by atoms with E-state index in [1.54, 1.807) is 48.1 Å². The van der Waals surface area contributed by atoms with E-state index in [1.807, 2.05) is 13.0 Å². The smallest absolute Gasteiger partial charge is 0.253 e. The van der Waals surface area contributed by atoms with E-state index in [2.05, 4.69) is 0 Å². The second-order valence-corrected chi connectivity index (χ2v) is 5.80. The molecule has 3 aromatic rings. The molecule has 0 unspecified atom stereocenters. The summed E-state index contributed by atoms with van der Waals surface area (Å²) in [5.41, 5.74) is 8.91. The molecule has 25 heavy (non-hydrogen) atoms. The van der Waals surface area contributed by atoms with Gasteiger partial charge in [-0.3, -0.25) is 4.79 Å². The zero-order chi connectivity index (χ0) is 18.0. The summed E-state index contributed by atoms with van der Waals surface area (Å²) >= 11 is 0. The molecule has 5 heteroatoms. The van der Waals surface area contributed by atoms with Crippen LogP contribution in [-0.4, -0.2) is 4.57 Å². The van der Waals surface area contributed by atoms with Gasteiger partial charge in [-0.25, -0.2) is 4.39 Å². The van der Waals surface area contributed by atoms with Gasteiger partial charge in [0.05, 0.1) is 0 Å². The van der Waals surface area contributed by atoms with E-state index in [1.165, 1.54) is 12.1 Å². The molecule has 1 aromatic heterocycles. The van der Waals surface area contributed by atoms with Crippen molar-refractivity contribution in [3.8, 4) is 22.6 Å². The number of anilines is 1. The Morgan fingerprint density at radius 1 is 1.16 bits per heavy atom. The molecular weight excluding hydrogens is 319 g/mol. The second kappa shape index (κ2) is 6.81.